The van der Waals surface area contributed by atoms with Crippen molar-refractivity contribution in [1.82, 2.24) is 10.5 Å². The average Bonchev–Trinajstić information content (AvgIpc) is 2.88. The first-order chi connectivity index (χ1) is 8.38. The van der Waals surface area contributed by atoms with Gasteiger partial charge in [0.2, 0.25) is 5.88 Å². The summed E-state index contributed by atoms with van der Waals surface area (Å²) in [5.41, 5.74) is 2.46. The van der Waals surface area contributed by atoms with Crippen molar-refractivity contribution in [3.63, 3.8) is 0 Å². The van der Waals surface area contributed by atoms with Crippen LogP contribution in [0.5, 0.6) is 5.88 Å². The number of hydrogen-bond donors (Lipinski definition) is 2. The van der Waals surface area contributed by atoms with Gasteiger partial charge < -0.3 is 9.47 Å². The van der Waals surface area contributed by atoms with Crippen molar-refractivity contribution < 1.29 is 14.7 Å². The van der Waals surface area contributed by atoms with Gasteiger partial charge in [0.05, 0.1) is 18.0 Å². The number of ether oxygens (including phenoxy) is 2. The van der Waals surface area contributed by atoms with Crippen LogP contribution >= 0.6 is 0 Å². The normalized spacial score (nSPS) is 19.7. The van der Waals surface area contributed by atoms with Crippen LogP contribution in [0.25, 0.3) is 0 Å². The maximum absolute atomic E-state index is 8.33. The fourth-order valence-electron chi connectivity index (χ4n) is 1.59. The minimum atomic E-state index is 0.188. The Morgan fingerprint density at radius 2 is 2.59 bits per heavy atom. The predicted octanol–water partition coefficient (Wildman–Crippen LogP) is 1.28. The number of aliphatic imine (C=N–C) groups is 1. The molecule has 0 radical (unpaired) electrons. The molecule has 92 valence electrons. The molecule has 1 unspecified atom stereocenters. The summed E-state index contributed by atoms with van der Waals surface area (Å²) in [7, 11) is 0. The van der Waals surface area contributed by atoms with Crippen LogP contribution in [-0.2, 0) is 4.74 Å². The molecule has 6 heteroatoms. The zero-order chi connectivity index (χ0) is 11.9. The van der Waals surface area contributed by atoms with Crippen molar-refractivity contribution in [3.05, 3.63) is 18.3 Å². The van der Waals surface area contributed by atoms with Crippen LogP contribution in [0, 0.1) is 0 Å². The zero-order valence-corrected chi connectivity index (χ0v) is 9.37. The summed E-state index contributed by atoms with van der Waals surface area (Å²) in [4.78, 5) is 7.97. The Balaban J connectivity index is 1.82. The van der Waals surface area contributed by atoms with Crippen molar-refractivity contribution in [2.45, 2.75) is 18.9 Å². The summed E-state index contributed by atoms with van der Waals surface area (Å²) in [6.45, 7) is 1.36. The average molecular weight is 237 g/mol. The molecule has 1 saturated heterocycles. The Kier molecular flexibility index (Phi) is 4.29. The smallest absolute Gasteiger partial charge is 0.213 e. The van der Waals surface area contributed by atoms with Gasteiger partial charge in [-0.15, -0.1) is 0 Å². The summed E-state index contributed by atoms with van der Waals surface area (Å²) in [5, 5.41) is 8.33. The first-order valence-electron chi connectivity index (χ1n) is 5.51. The summed E-state index contributed by atoms with van der Waals surface area (Å²) in [6, 6.07) is 3.49. The molecule has 2 heterocycles. The number of hydroxylamine groups is 1. The molecule has 1 fully saturated rings. The Hall–Kier alpha value is -1.66. The van der Waals surface area contributed by atoms with E-state index in [9.17, 15) is 0 Å². The summed E-state index contributed by atoms with van der Waals surface area (Å²) < 4.78 is 10.9. The SMILES string of the molecule is ONC=Nc1ccc(OCC2CCCO2)nc1. The number of aromatic nitrogens is 1. The lowest BCUT2D eigenvalue weighted by Crippen LogP contribution is -2.16. The first kappa shape index (κ1) is 11.8. The van der Waals surface area contributed by atoms with E-state index in [-0.39, 0.29) is 6.10 Å². The highest BCUT2D eigenvalue weighted by Crippen LogP contribution is 2.16. The number of pyridine rings is 1. The summed E-state index contributed by atoms with van der Waals surface area (Å²) in [6.07, 6.45) is 5.07. The fraction of sp³-hybridized carbons (Fsp3) is 0.455. The number of rotatable bonds is 5. The predicted molar refractivity (Wildman–Crippen MR) is 61.8 cm³/mol. The van der Waals surface area contributed by atoms with Crippen LogP contribution in [0.1, 0.15) is 12.8 Å². The molecule has 6 nitrogen and oxygen atoms in total. The molecule has 0 amide bonds. The maximum atomic E-state index is 8.33. The van der Waals surface area contributed by atoms with E-state index in [2.05, 4.69) is 9.98 Å². The molecule has 0 aliphatic carbocycles. The number of nitrogens with one attached hydrogen (secondary N) is 1. The van der Waals surface area contributed by atoms with E-state index in [1.54, 1.807) is 18.3 Å². The lowest BCUT2D eigenvalue weighted by Gasteiger charge is -2.10. The molecular formula is C11H15N3O3. The molecule has 2 N–H and O–H groups in total. The van der Waals surface area contributed by atoms with Crippen LogP contribution in [-0.4, -0.2) is 35.8 Å². The first-order valence-corrected chi connectivity index (χ1v) is 5.51. The van der Waals surface area contributed by atoms with E-state index >= 15 is 0 Å². The van der Waals surface area contributed by atoms with Gasteiger partial charge in [0.15, 0.2) is 0 Å². The van der Waals surface area contributed by atoms with Crippen LogP contribution in [0.3, 0.4) is 0 Å². The highest BCUT2D eigenvalue weighted by atomic mass is 16.5. The lowest BCUT2D eigenvalue weighted by molar-refractivity contribution is 0.0663. The molecule has 1 aliphatic heterocycles. The van der Waals surface area contributed by atoms with Crippen molar-refractivity contribution in [2.24, 2.45) is 4.99 Å². The van der Waals surface area contributed by atoms with E-state index in [0.29, 0.717) is 18.2 Å². The van der Waals surface area contributed by atoms with Crippen LogP contribution in [0.15, 0.2) is 23.3 Å². The lowest BCUT2D eigenvalue weighted by atomic mass is 10.2. The molecule has 0 saturated carbocycles. The molecule has 1 aromatic rings. The van der Waals surface area contributed by atoms with E-state index in [0.717, 1.165) is 19.4 Å². The highest BCUT2D eigenvalue weighted by molar-refractivity contribution is 5.59. The number of hydrogen-bond acceptors (Lipinski definition) is 5. The van der Waals surface area contributed by atoms with Crippen LogP contribution in [0.4, 0.5) is 5.69 Å². The monoisotopic (exact) mass is 237 g/mol. The zero-order valence-electron chi connectivity index (χ0n) is 9.37. The van der Waals surface area contributed by atoms with E-state index in [4.69, 9.17) is 14.7 Å². The maximum Gasteiger partial charge on any atom is 0.213 e. The molecule has 1 aliphatic rings. The minimum Gasteiger partial charge on any atom is -0.475 e. The second-order valence-corrected chi connectivity index (χ2v) is 3.69. The topological polar surface area (TPSA) is 76.0 Å². The van der Waals surface area contributed by atoms with Crippen LogP contribution in [0.2, 0.25) is 0 Å². The molecule has 17 heavy (non-hydrogen) atoms. The molecule has 1 atom stereocenters. The Labute approximate surface area is 99.3 Å². The fourth-order valence-corrected chi connectivity index (χ4v) is 1.59. The standard InChI is InChI=1S/C11H15N3O3/c15-14-8-13-9-3-4-11(12-6-9)17-7-10-2-1-5-16-10/h3-4,6,8,10,15H,1-2,5,7H2,(H,13,14). The highest BCUT2D eigenvalue weighted by Gasteiger charge is 2.15. The molecule has 0 bridgehead atoms. The molecule has 0 aromatic carbocycles. The van der Waals surface area contributed by atoms with Crippen molar-refractivity contribution in [1.29, 1.82) is 0 Å². The summed E-state index contributed by atoms with van der Waals surface area (Å²) in [5.74, 6) is 0.552. The Morgan fingerprint density at radius 1 is 1.65 bits per heavy atom. The van der Waals surface area contributed by atoms with Gasteiger partial charge in [-0.05, 0) is 18.9 Å². The third-order valence-electron chi connectivity index (χ3n) is 2.43. The molecular weight excluding hydrogens is 222 g/mol. The second-order valence-electron chi connectivity index (χ2n) is 3.69. The Morgan fingerprint density at radius 3 is 3.24 bits per heavy atom. The third-order valence-corrected chi connectivity index (χ3v) is 2.43. The van der Waals surface area contributed by atoms with Gasteiger partial charge in [-0.25, -0.2) is 9.98 Å². The van der Waals surface area contributed by atoms with Crippen molar-refractivity contribution >= 4 is 12.0 Å². The molecule has 1 aromatic heterocycles. The number of nitrogens with zero attached hydrogens (tertiary/aromatic N) is 2. The van der Waals surface area contributed by atoms with Gasteiger partial charge in [0.1, 0.15) is 12.9 Å². The van der Waals surface area contributed by atoms with E-state index < -0.39 is 0 Å². The van der Waals surface area contributed by atoms with Gasteiger partial charge in [-0.1, -0.05) is 0 Å². The minimum absolute atomic E-state index is 0.188. The largest absolute Gasteiger partial charge is 0.475 e. The van der Waals surface area contributed by atoms with E-state index in [1.807, 2.05) is 5.48 Å². The molecule has 2 rings (SSSR count). The van der Waals surface area contributed by atoms with Gasteiger partial charge in [0.25, 0.3) is 0 Å². The van der Waals surface area contributed by atoms with Crippen molar-refractivity contribution in [3.8, 4) is 5.88 Å². The quantitative estimate of drug-likeness (QED) is 0.458. The van der Waals surface area contributed by atoms with Gasteiger partial charge in [0, 0.05) is 12.7 Å². The van der Waals surface area contributed by atoms with Crippen LogP contribution < -0.4 is 10.2 Å². The van der Waals surface area contributed by atoms with E-state index in [1.165, 1.54) is 6.34 Å². The Bertz CT molecular complexity index is 361. The van der Waals surface area contributed by atoms with Gasteiger partial charge in [-0.2, -0.15) is 0 Å². The van der Waals surface area contributed by atoms with Gasteiger partial charge in [-0.3, -0.25) is 10.7 Å². The van der Waals surface area contributed by atoms with Gasteiger partial charge >= 0.3 is 0 Å². The summed E-state index contributed by atoms with van der Waals surface area (Å²) >= 11 is 0. The second kappa shape index (κ2) is 6.17. The van der Waals surface area contributed by atoms with Crippen molar-refractivity contribution in [2.75, 3.05) is 13.2 Å². The molecule has 0 spiro atoms. The third kappa shape index (κ3) is 3.69.